The van der Waals surface area contributed by atoms with Crippen molar-refractivity contribution in [3.63, 3.8) is 0 Å². The van der Waals surface area contributed by atoms with Gasteiger partial charge in [0.15, 0.2) is 6.10 Å². The Morgan fingerprint density at radius 3 is 2.07 bits per heavy atom. The molecule has 0 bridgehead atoms. The number of ether oxygens (including phenoxy) is 1. The first kappa shape index (κ1) is 19.8. The summed E-state index contributed by atoms with van der Waals surface area (Å²) < 4.78 is 31.8. The molecule has 2 aliphatic rings. The number of carbonyl (C=O) groups is 2. The molecule has 7 nitrogen and oxygen atoms in total. The van der Waals surface area contributed by atoms with Gasteiger partial charge in [-0.15, -0.1) is 0 Å². The van der Waals surface area contributed by atoms with Gasteiger partial charge in [-0.3, -0.25) is 4.79 Å². The average molecular weight is 394 g/mol. The molecule has 2 heterocycles. The predicted octanol–water partition coefficient (Wildman–Crippen LogP) is 2.03. The molecule has 0 aliphatic carbocycles. The van der Waals surface area contributed by atoms with Crippen LogP contribution in [0.5, 0.6) is 0 Å². The lowest BCUT2D eigenvalue weighted by atomic mass is 10.1. The predicted molar refractivity (Wildman–Crippen MR) is 99.7 cm³/mol. The summed E-state index contributed by atoms with van der Waals surface area (Å²) in [6.07, 6.45) is 3.94. The van der Waals surface area contributed by atoms with E-state index in [9.17, 15) is 18.0 Å². The van der Waals surface area contributed by atoms with Crippen LogP contribution in [0.2, 0.25) is 0 Å². The van der Waals surface area contributed by atoms with Crippen molar-refractivity contribution in [3.8, 4) is 0 Å². The number of nitrogens with zero attached hydrogens (tertiary/aromatic N) is 2. The molecule has 0 N–H and O–H groups in total. The number of amides is 1. The third kappa shape index (κ3) is 4.50. The van der Waals surface area contributed by atoms with Crippen molar-refractivity contribution in [2.45, 2.75) is 50.0 Å². The van der Waals surface area contributed by atoms with Gasteiger partial charge in [0, 0.05) is 26.2 Å². The van der Waals surface area contributed by atoms with Gasteiger partial charge >= 0.3 is 5.97 Å². The zero-order valence-corrected chi connectivity index (χ0v) is 16.4. The van der Waals surface area contributed by atoms with E-state index in [0.29, 0.717) is 26.2 Å². The van der Waals surface area contributed by atoms with E-state index in [2.05, 4.69) is 0 Å². The highest BCUT2D eigenvalue weighted by Crippen LogP contribution is 2.21. The number of likely N-dealkylation sites (tertiary alicyclic amines) is 1. The zero-order chi connectivity index (χ0) is 19.4. The molecule has 1 amide bonds. The number of benzene rings is 1. The summed E-state index contributed by atoms with van der Waals surface area (Å²) in [5.74, 6) is -0.811. The third-order valence-electron chi connectivity index (χ3n) is 5.09. The van der Waals surface area contributed by atoms with Gasteiger partial charge in [-0.05, 0) is 63.3 Å². The highest BCUT2D eigenvalue weighted by atomic mass is 32.2. The van der Waals surface area contributed by atoms with Gasteiger partial charge in [0.05, 0.1) is 10.5 Å². The van der Waals surface area contributed by atoms with E-state index < -0.39 is 22.1 Å². The first-order valence-corrected chi connectivity index (χ1v) is 10.9. The fourth-order valence-electron chi connectivity index (χ4n) is 3.49. The molecule has 148 valence electrons. The molecule has 2 aliphatic heterocycles. The van der Waals surface area contributed by atoms with Crippen molar-refractivity contribution < 1.29 is 22.7 Å². The van der Waals surface area contributed by atoms with E-state index in [0.717, 1.165) is 32.1 Å². The van der Waals surface area contributed by atoms with Crippen LogP contribution in [-0.2, 0) is 19.6 Å². The number of carbonyl (C=O) groups excluding carboxylic acids is 2. The van der Waals surface area contributed by atoms with Gasteiger partial charge in [0.1, 0.15) is 0 Å². The Kier molecular flexibility index (Phi) is 6.16. The number of piperidine rings is 1. The van der Waals surface area contributed by atoms with Crippen molar-refractivity contribution in [2.75, 3.05) is 26.2 Å². The molecule has 0 saturated carbocycles. The van der Waals surface area contributed by atoms with E-state index in [-0.39, 0.29) is 16.4 Å². The zero-order valence-electron chi connectivity index (χ0n) is 15.6. The Balaban J connectivity index is 1.62. The summed E-state index contributed by atoms with van der Waals surface area (Å²) in [5.41, 5.74) is 0.230. The lowest BCUT2D eigenvalue weighted by Crippen LogP contribution is -2.42. The van der Waals surface area contributed by atoms with Gasteiger partial charge < -0.3 is 9.64 Å². The van der Waals surface area contributed by atoms with E-state index >= 15 is 0 Å². The summed E-state index contributed by atoms with van der Waals surface area (Å²) in [6.45, 7) is 4.03. The molecular formula is C19H26N2O5S. The van der Waals surface area contributed by atoms with Crippen LogP contribution in [0.1, 0.15) is 49.4 Å². The van der Waals surface area contributed by atoms with Gasteiger partial charge in [-0.2, -0.15) is 4.31 Å². The fourth-order valence-corrected chi connectivity index (χ4v) is 5.01. The van der Waals surface area contributed by atoms with Gasteiger partial charge in [0.25, 0.3) is 5.91 Å². The minimum absolute atomic E-state index is 0.165. The van der Waals surface area contributed by atoms with Crippen LogP contribution in [0.15, 0.2) is 29.2 Å². The quantitative estimate of drug-likeness (QED) is 0.714. The standard InChI is InChI=1S/C19H26N2O5S/c1-15(18(22)20-11-3-2-4-12-20)26-19(23)16-7-9-17(10-8-16)27(24,25)21-13-5-6-14-21/h7-10,15H,2-6,11-14H2,1H3/t15-/m1/s1. The lowest BCUT2D eigenvalue weighted by Gasteiger charge is -2.28. The van der Waals surface area contributed by atoms with Crippen molar-refractivity contribution >= 4 is 21.9 Å². The minimum Gasteiger partial charge on any atom is -0.449 e. The number of sulfonamides is 1. The van der Waals surface area contributed by atoms with Crippen molar-refractivity contribution in [1.29, 1.82) is 0 Å². The van der Waals surface area contributed by atoms with Crippen LogP contribution in [0.3, 0.4) is 0 Å². The van der Waals surface area contributed by atoms with Crippen LogP contribution >= 0.6 is 0 Å². The molecule has 0 unspecified atom stereocenters. The molecular weight excluding hydrogens is 368 g/mol. The van der Waals surface area contributed by atoms with E-state index in [1.54, 1.807) is 11.8 Å². The molecule has 2 saturated heterocycles. The van der Waals surface area contributed by atoms with Crippen LogP contribution in [0, 0.1) is 0 Å². The second-order valence-electron chi connectivity index (χ2n) is 7.07. The first-order valence-electron chi connectivity index (χ1n) is 9.49. The highest BCUT2D eigenvalue weighted by molar-refractivity contribution is 7.89. The van der Waals surface area contributed by atoms with Crippen LogP contribution in [0.4, 0.5) is 0 Å². The van der Waals surface area contributed by atoms with Gasteiger partial charge in [-0.1, -0.05) is 0 Å². The number of rotatable bonds is 5. The Labute approximate surface area is 160 Å². The Morgan fingerprint density at radius 1 is 0.926 bits per heavy atom. The molecule has 2 fully saturated rings. The summed E-state index contributed by atoms with van der Waals surface area (Å²) in [6, 6.07) is 5.70. The topological polar surface area (TPSA) is 84.0 Å². The molecule has 1 aromatic carbocycles. The Hall–Kier alpha value is -1.93. The van der Waals surface area contributed by atoms with Crippen molar-refractivity contribution in [2.24, 2.45) is 0 Å². The monoisotopic (exact) mass is 394 g/mol. The number of hydrogen-bond donors (Lipinski definition) is 0. The molecule has 1 atom stereocenters. The fraction of sp³-hybridized carbons (Fsp3) is 0.579. The molecule has 1 aromatic rings. The summed E-state index contributed by atoms with van der Waals surface area (Å²) in [4.78, 5) is 26.6. The summed E-state index contributed by atoms with van der Waals surface area (Å²) in [5, 5.41) is 0. The SMILES string of the molecule is C[C@@H](OC(=O)c1ccc(S(=O)(=O)N2CCCC2)cc1)C(=O)N1CCCCC1. The maximum absolute atomic E-state index is 12.5. The lowest BCUT2D eigenvalue weighted by molar-refractivity contribution is -0.140. The maximum atomic E-state index is 12.5. The molecule has 0 spiro atoms. The van der Waals surface area contributed by atoms with E-state index in [1.807, 2.05) is 0 Å². The normalized spacial score (nSPS) is 19.7. The first-order chi connectivity index (χ1) is 12.9. The number of hydrogen-bond acceptors (Lipinski definition) is 5. The van der Waals surface area contributed by atoms with Crippen LogP contribution in [-0.4, -0.2) is 61.8 Å². The van der Waals surface area contributed by atoms with Crippen LogP contribution in [0.25, 0.3) is 0 Å². The average Bonchev–Trinajstić information content (AvgIpc) is 3.24. The Bertz CT molecular complexity index is 779. The van der Waals surface area contributed by atoms with Crippen molar-refractivity contribution in [3.05, 3.63) is 29.8 Å². The summed E-state index contributed by atoms with van der Waals surface area (Å²) in [7, 11) is -3.51. The smallest absolute Gasteiger partial charge is 0.338 e. The maximum Gasteiger partial charge on any atom is 0.338 e. The highest BCUT2D eigenvalue weighted by Gasteiger charge is 2.28. The minimum atomic E-state index is -3.51. The molecule has 0 aromatic heterocycles. The van der Waals surface area contributed by atoms with E-state index in [4.69, 9.17) is 4.74 Å². The van der Waals surface area contributed by atoms with E-state index in [1.165, 1.54) is 28.6 Å². The second kappa shape index (κ2) is 8.39. The largest absolute Gasteiger partial charge is 0.449 e. The molecule has 27 heavy (non-hydrogen) atoms. The molecule has 3 rings (SSSR count). The Morgan fingerprint density at radius 2 is 1.48 bits per heavy atom. The second-order valence-corrected chi connectivity index (χ2v) is 9.01. The molecule has 8 heteroatoms. The molecule has 0 radical (unpaired) electrons. The summed E-state index contributed by atoms with van der Waals surface area (Å²) >= 11 is 0. The third-order valence-corrected chi connectivity index (χ3v) is 7.01. The van der Waals surface area contributed by atoms with Crippen LogP contribution < -0.4 is 0 Å². The van der Waals surface area contributed by atoms with Gasteiger partial charge in [-0.25, -0.2) is 13.2 Å². The van der Waals surface area contributed by atoms with Gasteiger partial charge in [0.2, 0.25) is 10.0 Å². The van der Waals surface area contributed by atoms with Crippen molar-refractivity contribution in [1.82, 2.24) is 9.21 Å². The number of esters is 1.